The lowest BCUT2D eigenvalue weighted by Gasteiger charge is -2.00. The molecule has 0 aromatic rings. The SMILES string of the molecule is NC(=NCCO)NC(N)=[NH+]CCCCCC[NH+]=C(N)NC(N)=NCCO. The summed E-state index contributed by atoms with van der Waals surface area (Å²) < 4.78 is 0. The number of unbranched alkanes of at least 4 members (excludes halogenated alkanes) is 3. The van der Waals surface area contributed by atoms with E-state index in [1.807, 2.05) is 0 Å². The summed E-state index contributed by atoms with van der Waals surface area (Å²) in [4.78, 5) is 13.7. The minimum Gasteiger partial charge on any atom is -0.394 e. The summed E-state index contributed by atoms with van der Waals surface area (Å²) in [6, 6.07) is 0. The zero-order chi connectivity index (χ0) is 19.6. The van der Waals surface area contributed by atoms with Gasteiger partial charge in [0.05, 0.1) is 39.4 Å². The van der Waals surface area contributed by atoms with Gasteiger partial charge >= 0.3 is 11.9 Å². The molecule has 0 aliphatic heterocycles. The number of guanidine groups is 4. The van der Waals surface area contributed by atoms with Crippen LogP contribution in [-0.2, 0) is 0 Å². The van der Waals surface area contributed by atoms with Crippen molar-refractivity contribution in [2.24, 2.45) is 32.9 Å². The second kappa shape index (κ2) is 15.9. The highest BCUT2D eigenvalue weighted by atomic mass is 16.3. The fourth-order valence-electron chi connectivity index (χ4n) is 1.83. The van der Waals surface area contributed by atoms with E-state index in [1.165, 1.54) is 0 Å². The molecule has 0 saturated carbocycles. The summed E-state index contributed by atoms with van der Waals surface area (Å²) in [5, 5.41) is 22.7. The molecule has 0 aromatic carbocycles. The molecular formula is C14H34N10O2+2. The van der Waals surface area contributed by atoms with Gasteiger partial charge in [0.15, 0.2) is 0 Å². The lowest BCUT2D eigenvalue weighted by atomic mass is 10.2. The second-order valence-electron chi connectivity index (χ2n) is 5.33. The molecule has 0 fully saturated rings. The van der Waals surface area contributed by atoms with Gasteiger partial charge in [-0.15, -0.1) is 0 Å². The van der Waals surface area contributed by atoms with Crippen molar-refractivity contribution >= 4 is 23.8 Å². The van der Waals surface area contributed by atoms with Crippen molar-refractivity contribution in [2.75, 3.05) is 39.4 Å². The summed E-state index contributed by atoms with van der Waals surface area (Å²) in [6.45, 7) is 1.78. The van der Waals surface area contributed by atoms with Gasteiger partial charge in [-0.25, -0.2) is 20.6 Å². The lowest BCUT2D eigenvalue weighted by Crippen LogP contribution is -2.79. The Morgan fingerprint density at radius 3 is 1.42 bits per heavy atom. The van der Waals surface area contributed by atoms with Gasteiger partial charge in [-0.05, 0) is 12.8 Å². The Balaban J connectivity index is 3.77. The number of aliphatic imine (C=N–C) groups is 2. The molecule has 26 heavy (non-hydrogen) atoms. The van der Waals surface area contributed by atoms with Crippen molar-refractivity contribution in [1.82, 2.24) is 10.6 Å². The van der Waals surface area contributed by atoms with Crippen molar-refractivity contribution < 1.29 is 20.2 Å². The van der Waals surface area contributed by atoms with E-state index in [0.29, 0.717) is 25.0 Å². The fraction of sp³-hybridized carbons (Fsp3) is 0.714. The molecule has 14 N–H and O–H groups in total. The number of aliphatic hydroxyl groups is 2. The van der Waals surface area contributed by atoms with E-state index in [2.05, 4.69) is 30.6 Å². The van der Waals surface area contributed by atoms with Crippen LogP contribution in [0.15, 0.2) is 9.98 Å². The zero-order valence-electron chi connectivity index (χ0n) is 15.2. The van der Waals surface area contributed by atoms with Crippen LogP contribution in [0.1, 0.15) is 25.7 Å². The minimum atomic E-state index is -0.0608. The molecule has 0 heterocycles. The Morgan fingerprint density at radius 1 is 0.692 bits per heavy atom. The zero-order valence-corrected chi connectivity index (χ0v) is 15.2. The van der Waals surface area contributed by atoms with Crippen LogP contribution in [0, 0.1) is 0 Å². The highest BCUT2D eigenvalue weighted by Gasteiger charge is 2.02. The van der Waals surface area contributed by atoms with E-state index in [4.69, 9.17) is 33.1 Å². The van der Waals surface area contributed by atoms with Gasteiger partial charge in [-0.2, -0.15) is 0 Å². The van der Waals surface area contributed by atoms with Gasteiger partial charge in [-0.1, -0.05) is 12.8 Å². The van der Waals surface area contributed by atoms with Crippen molar-refractivity contribution in [3.63, 3.8) is 0 Å². The average Bonchev–Trinajstić information content (AvgIpc) is 2.60. The Bertz CT molecular complexity index is 446. The molecule has 0 radical (unpaired) electrons. The molecule has 12 heteroatoms. The molecule has 0 unspecified atom stereocenters. The number of nitrogens with two attached hydrogens (primary N) is 4. The van der Waals surface area contributed by atoms with Crippen LogP contribution in [0.4, 0.5) is 0 Å². The number of nitrogens with zero attached hydrogens (tertiary/aromatic N) is 2. The van der Waals surface area contributed by atoms with E-state index in [1.54, 1.807) is 0 Å². The van der Waals surface area contributed by atoms with E-state index in [9.17, 15) is 0 Å². The van der Waals surface area contributed by atoms with Crippen LogP contribution < -0.4 is 43.6 Å². The molecule has 0 rings (SSSR count). The Labute approximate surface area is 153 Å². The van der Waals surface area contributed by atoms with Crippen LogP contribution in [-0.4, -0.2) is 73.4 Å². The summed E-state index contributed by atoms with van der Waals surface area (Å²) in [5.41, 5.74) is 22.6. The predicted molar refractivity (Wildman–Crippen MR) is 102 cm³/mol. The van der Waals surface area contributed by atoms with E-state index >= 15 is 0 Å². The van der Waals surface area contributed by atoms with Crippen molar-refractivity contribution in [2.45, 2.75) is 25.7 Å². The maximum Gasteiger partial charge on any atom is 0.348 e. The van der Waals surface area contributed by atoms with Gasteiger partial charge in [0, 0.05) is 0 Å². The molecule has 0 bridgehead atoms. The number of hydrogen-bond acceptors (Lipinski definition) is 4. The van der Waals surface area contributed by atoms with Crippen LogP contribution in [0.3, 0.4) is 0 Å². The molecule has 150 valence electrons. The average molecular weight is 374 g/mol. The highest BCUT2D eigenvalue weighted by molar-refractivity contribution is 5.94. The predicted octanol–water partition coefficient (Wildman–Crippen LogP) is -6.87. The first-order valence-electron chi connectivity index (χ1n) is 8.57. The van der Waals surface area contributed by atoms with Gasteiger partial charge in [-0.3, -0.25) is 21.5 Å². The van der Waals surface area contributed by atoms with Gasteiger partial charge in [0.25, 0.3) is 11.9 Å². The van der Waals surface area contributed by atoms with Crippen molar-refractivity contribution in [1.29, 1.82) is 0 Å². The molecule has 0 spiro atoms. The summed E-state index contributed by atoms with van der Waals surface area (Å²) in [7, 11) is 0. The molecule has 0 aliphatic rings. The van der Waals surface area contributed by atoms with Crippen molar-refractivity contribution in [3.8, 4) is 0 Å². The summed E-state index contributed by atoms with van der Waals surface area (Å²) in [6.07, 6.45) is 3.97. The standard InChI is InChI=1S/C14H32N10O2/c15-11(23-13(17)21-7-9-25)19-5-3-1-2-4-6-20-12(16)24-14(18)22-8-10-26/h25-26H,1-10H2,(H5,15,17,19,21,23)(H5,16,18,20,22,24)/p+2. The molecule has 0 aliphatic carbocycles. The molecule has 0 aromatic heterocycles. The first-order valence-corrected chi connectivity index (χ1v) is 8.57. The fourth-order valence-corrected chi connectivity index (χ4v) is 1.83. The van der Waals surface area contributed by atoms with Crippen LogP contribution in [0.5, 0.6) is 0 Å². The third-order valence-electron chi connectivity index (χ3n) is 3.02. The van der Waals surface area contributed by atoms with Crippen LogP contribution in [0.25, 0.3) is 0 Å². The van der Waals surface area contributed by atoms with E-state index < -0.39 is 0 Å². The smallest absolute Gasteiger partial charge is 0.348 e. The number of rotatable bonds is 11. The Kier molecular flexibility index (Phi) is 14.3. The molecule has 0 atom stereocenters. The largest absolute Gasteiger partial charge is 0.394 e. The number of nitrogens with one attached hydrogen (secondary N) is 4. The monoisotopic (exact) mass is 374 g/mol. The molecule has 0 saturated heterocycles. The topological polar surface area (TPSA) is 221 Å². The van der Waals surface area contributed by atoms with E-state index in [-0.39, 0.29) is 38.2 Å². The summed E-state index contributed by atoms with van der Waals surface area (Å²) >= 11 is 0. The molecule has 0 amide bonds. The minimum absolute atomic E-state index is 0.0608. The van der Waals surface area contributed by atoms with E-state index in [0.717, 1.165) is 25.7 Å². The maximum absolute atomic E-state index is 8.63. The number of aliphatic hydroxyl groups excluding tert-OH is 2. The first-order chi connectivity index (χ1) is 12.5. The summed E-state index contributed by atoms with van der Waals surface area (Å²) in [5.74, 6) is 0.999. The van der Waals surface area contributed by atoms with Crippen LogP contribution >= 0.6 is 0 Å². The van der Waals surface area contributed by atoms with Gasteiger partial charge in [0.2, 0.25) is 0 Å². The normalized spacial score (nSPS) is 13.8. The first kappa shape index (κ1) is 23.4. The Morgan fingerprint density at radius 2 is 1.08 bits per heavy atom. The van der Waals surface area contributed by atoms with Crippen LogP contribution in [0.2, 0.25) is 0 Å². The van der Waals surface area contributed by atoms with Gasteiger partial charge in [0.1, 0.15) is 0 Å². The Hall–Kier alpha value is -2.60. The third-order valence-corrected chi connectivity index (χ3v) is 3.02. The second-order valence-corrected chi connectivity index (χ2v) is 5.33. The lowest BCUT2D eigenvalue weighted by molar-refractivity contribution is -0.463. The highest BCUT2D eigenvalue weighted by Crippen LogP contribution is 1.94. The molecular weight excluding hydrogens is 340 g/mol. The molecule has 12 nitrogen and oxygen atoms in total. The quantitative estimate of drug-likeness (QED) is 0.0948. The number of hydrogen-bond donors (Lipinski definition) is 10. The maximum atomic E-state index is 8.63. The van der Waals surface area contributed by atoms with Gasteiger partial charge < -0.3 is 21.7 Å². The third kappa shape index (κ3) is 15.0. The van der Waals surface area contributed by atoms with Crippen molar-refractivity contribution in [3.05, 3.63) is 0 Å².